The number of hydrogen-bond acceptors (Lipinski definition) is 3. The molecule has 1 fully saturated rings. The van der Waals surface area contributed by atoms with Gasteiger partial charge < -0.3 is 15.0 Å². The number of nitrogens with zero attached hydrogens (tertiary/aromatic N) is 1. The van der Waals surface area contributed by atoms with Crippen molar-refractivity contribution in [1.29, 1.82) is 0 Å². The lowest BCUT2D eigenvalue weighted by Crippen LogP contribution is -2.28. The summed E-state index contributed by atoms with van der Waals surface area (Å²) in [6.07, 6.45) is 3.60. The third-order valence-corrected chi connectivity index (χ3v) is 5.44. The Morgan fingerprint density at radius 2 is 1.86 bits per heavy atom. The molecule has 0 aromatic heterocycles. The summed E-state index contributed by atoms with van der Waals surface area (Å²) in [6, 6.07) is 13.4. The van der Waals surface area contributed by atoms with Gasteiger partial charge in [0.05, 0.1) is 12.5 Å². The second kappa shape index (κ2) is 9.59. The predicted molar refractivity (Wildman–Crippen MR) is 116 cm³/mol. The minimum absolute atomic E-state index is 0.00997. The molecule has 1 aliphatic heterocycles. The van der Waals surface area contributed by atoms with E-state index in [1.54, 1.807) is 4.90 Å². The van der Waals surface area contributed by atoms with Crippen molar-refractivity contribution in [3.63, 3.8) is 0 Å². The fraction of sp³-hybridized carbons (Fsp3) is 0.417. The number of rotatable bonds is 8. The quantitative estimate of drug-likeness (QED) is 0.650. The molecule has 1 atom stereocenters. The van der Waals surface area contributed by atoms with Gasteiger partial charge >= 0.3 is 0 Å². The molecule has 1 heterocycles. The minimum Gasteiger partial charge on any atom is -0.494 e. The van der Waals surface area contributed by atoms with Crippen molar-refractivity contribution in [1.82, 2.24) is 0 Å². The average Bonchev–Trinajstić information content (AvgIpc) is 3.10. The van der Waals surface area contributed by atoms with Crippen molar-refractivity contribution in [3.05, 3.63) is 53.6 Å². The zero-order valence-corrected chi connectivity index (χ0v) is 17.5. The van der Waals surface area contributed by atoms with Crippen LogP contribution in [0, 0.1) is 19.8 Å². The summed E-state index contributed by atoms with van der Waals surface area (Å²) < 4.78 is 5.70. The largest absolute Gasteiger partial charge is 0.494 e. The molecule has 1 N–H and O–H groups in total. The molecule has 1 aliphatic rings. The lowest BCUT2D eigenvalue weighted by Gasteiger charge is -2.18. The normalized spacial score (nSPS) is 16.2. The highest BCUT2D eigenvalue weighted by Gasteiger charge is 2.35. The average molecular weight is 395 g/mol. The third kappa shape index (κ3) is 5.37. The molecule has 0 spiro atoms. The van der Waals surface area contributed by atoms with Gasteiger partial charge in [-0.15, -0.1) is 0 Å². The maximum atomic E-state index is 12.7. The van der Waals surface area contributed by atoms with Crippen molar-refractivity contribution in [3.8, 4) is 5.75 Å². The van der Waals surface area contributed by atoms with Crippen LogP contribution in [0.4, 0.5) is 11.4 Å². The summed E-state index contributed by atoms with van der Waals surface area (Å²) in [5.74, 6) is 0.315. The highest BCUT2D eigenvalue weighted by atomic mass is 16.5. The number of carbonyl (C=O) groups excluding carboxylic acids is 2. The van der Waals surface area contributed by atoms with Gasteiger partial charge in [0, 0.05) is 24.3 Å². The van der Waals surface area contributed by atoms with Crippen molar-refractivity contribution >= 4 is 23.2 Å². The van der Waals surface area contributed by atoms with Gasteiger partial charge in [-0.3, -0.25) is 9.59 Å². The summed E-state index contributed by atoms with van der Waals surface area (Å²) in [7, 11) is 0. The van der Waals surface area contributed by atoms with E-state index in [-0.39, 0.29) is 24.2 Å². The molecule has 5 heteroatoms. The van der Waals surface area contributed by atoms with Gasteiger partial charge in [0.25, 0.3) is 0 Å². The Morgan fingerprint density at radius 3 is 2.55 bits per heavy atom. The molecule has 0 unspecified atom stereocenters. The molecule has 0 aliphatic carbocycles. The zero-order chi connectivity index (χ0) is 20.8. The lowest BCUT2D eigenvalue weighted by atomic mass is 10.1. The smallest absolute Gasteiger partial charge is 0.229 e. The van der Waals surface area contributed by atoms with E-state index >= 15 is 0 Å². The molecular formula is C24H30N2O3. The number of nitrogens with one attached hydrogen (secondary N) is 1. The Balaban J connectivity index is 1.55. The maximum Gasteiger partial charge on any atom is 0.229 e. The number of carbonyl (C=O) groups is 2. The van der Waals surface area contributed by atoms with Crippen LogP contribution in [0.25, 0.3) is 0 Å². The molecule has 0 saturated carbocycles. The van der Waals surface area contributed by atoms with Gasteiger partial charge in [0.2, 0.25) is 11.8 Å². The highest BCUT2D eigenvalue weighted by Crippen LogP contribution is 2.28. The Bertz CT molecular complexity index is 861. The van der Waals surface area contributed by atoms with Gasteiger partial charge in [-0.05, 0) is 67.8 Å². The number of benzene rings is 2. The molecule has 0 radical (unpaired) electrons. The van der Waals surface area contributed by atoms with Crippen LogP contribution in [0.15, 0.2) is 42.5 Å². The van der Waals surface area contributed by atoms with Crippen LogP contribution in [-0.4, -0.2) is 25.0 Å². The Hall–Kier alpha value is -2.82. The summed E-state index contributed by atoms with van der Waals surface area (Å²) in [5.41, 5.74) is 3.90. The highest BCUT2D eigenvalue weighted by molar-refractivity contribution is 6.03. The van der Waals surface area contributed by atoms with Crippen LogP contribution in [0.2, 0.25) is 0 Å². The van der Waals surface area contributed by atoms with Gasteiger partial charge in [0.15, 0.2) is 0 Å². The maximum absolute atomic E-state index is 12.7. The van der Waals surface area contributed by atoms with Gasteiger partial charge in [0.1, 0.15) is 5.75 Å². The second-order valence-corrected chi connectivity index (χ2v) is 7.74. The Kier molecular flexibility index (Phi) is 6.91. The van der Waals surface area contributed by atoms with Gasteiger partial charge in [-0.2, -0.15) is 0 Å². The summed E-state index contributed by atoms with van der Waals surface area (Å²) in [6.45, 7) is 7.35. The summed E-state index contributed by atoms with van der Waals surface area (Å²) >= 11 is 0. The molecule has 2 aromatic rings. The van der Waals surface area contributed by atoms with E-state index in [0.29, 0.717) is 18.8 Å². The van der Waals surface area contributed by atoms with Crippen LogP contribution in [0.5, 0.6) is 5.75 Å². The molecule has 1 saturated heterocycles. The van der Waals surface area contributed by atoms with Crippen molar-refractivity contribution in [2.75, 3.05) is 23.4 Å². The fourth-order valence-corrected chi connectivity index (χ4v) is 3.45. The van der Waals surface area contributed by atoms with E-state index in [4.69, 9.17) is 4.74 Å². The Labute approximate surface area is 173 Å². The molecule has 154 valence electrons. The van der Waals surface area contributed by atoms with Crippen LogP contribution < -0.4 is 15.0 Å². The monoisotopic (exact) mass is 394 g/mol. The molecular weight excluding hydrogens is 364 g/mol. The standard InChI is InChI=1S/C24H30N2O3/c1-4-5-6-13-29-22-11-8-20(9-12-22)25-24(28)19-15-23(27)26(16-19)21-10-7-17(2)18(3)14-21/h7-12,14,19H,4-6,13,15-16H2,1-3H3,(H,25,28)/t19-/m0/s1. The van der Waals surface area contributed by atoms with Gasteiger partial charge in [-0.1, -0.05) is 25.8 Å². The first-order valence-electron chi connectivity index (χ1n) is 10.4. The van der Waals surface area contributed by atoms with E-state index in [2.05, 4.69) is 12.2 Å². The molecule has 0 bridgehead atoms. The fourth-order valence-electron chi connectivity index (χ4n) is 3.45. The molecule has 29 heavy (non-hydrogen) atoms. The lowest BCUT2D eigenvalue weighted by molar-refractivity contribution is -0.122. The summed E-state index contributed by atoms with van der Waals surface area (Å²) in [5, 5.41) is 2.93. The third-order valence-electron chi connectivity index (χ3n) is 5.44. The number of ether oxygens (including phenoxy) is 1. The molecule has 5 nitrogen and oxygen atoms in total. The number of anilines is 2. The number of hydrogen-bond donors (Lipinski definition) is 1. The van der Waals surface area contributed by atoms with E-state index in [1.807, 2.05) is 56.3 Å². The van der Waals surface area contributed by atoms with Crippen molar-refractivity contribution in [2.45, 2.75) is 46.5 Å². The first-order chi connectivity index (χ1) is 14.0. The van der Waals surface area contributed by atoms with E-state index in [1.165, 1.54) is 12.0 Å². The number of amides is 2. The minimum atomic E-state index is -0.353. The summed E-state index contributed by atoms with van der Waals surface area (Å²) in [4.78, 5) is 26.8. The van der Waals surface area contributed by atoms with E-state index in [0.717, 1.165) is 29.8 Å². The van der Waals surface area contributed by atoms with Crippen molar-refractivity contribution < 1.29 is 14.3 Å². The van der Waals surface area contributed by atoms with Crippen LogP contribution >= 0.6 is 0 Å². The first-order valence-corrected chi connectivity index (χ1v) is 10.4. The zero-order valence-electron chi connectivity index (χ0n) is 17.5. The number of aryl methyl sites for hydroxylation is 2. The number of unbranched alkanes of at least 4 members (excludes halogenated alkanes) is 2. The van der Waals surface area contributed by atoms with Crippen molar-refractivity contribution in [2.24, 2.45) is 5.92 Å². The van der Waals surface area contributed by atoms with Crippen LogP contribution in [0.3, 0.4) is 0 Å². The molecule has 2 aromatic carbocycles. The Morgan fingerprint density at radius 1 is 1.10 bits per heavy atom. The topological polar surface area (TPSA) is 58.6 Å². The van der Waals surface area contributed by atoms with Crippen LogP contribution in [-0.2, 0) is 9.59 Å². The SMILES string of the molecule is CCCCCOc1ccc(NC(=O)[C@H]2CC(=O)N(c3ccc(C)c(C)c3)C2)cc1. The molecule has 3 rings (SSSR count). The predicted octanol–water partition coefficient (Wildman–Crippen LogP) is 4.86. The molecule has 2 amide bonds. The second-order valence-electron chi connectivity index (χ2n) is 7.74. The van der Waals surface area contributed by atoms with Crippen LogP contribution in [0.1, 0.15) is 43.7 Å². The van der Waals surface area contributed by atoms with Gasteiger partial charge in [-0.25, -0.2) is 0 Å². The first kappa shape index (κ1) is 20.9. The van der Waals surface area contributed by atoms with E-state index in [9.17, 15) is 9.59 Å². The van der Waals surface area contributed by atoms with E-state index < -0.39 is 0 Å².